The number of hydrogen-bond acceptors (Lipinski definition) is 5. The first kappa shape index (κ1) is 14.9. The second-order valence-corrected chi connectivity index (χ2v) is 3.26. The number of hydrogen-bond donors (Lipinski definition) is 2. The van der Waals surface area contributed by atoms with Crippen LogP contribution in [0.25, 0.3) is 0 Å². The van der Waals surface area contributed by atoms with Gasteiger partial charge < -0.3 is 20.5 Å². The number of methoxy groups -OCH3 is 1. The Bertz CT molecular complexity index is 221. The van der Waals surface area contributed by atoms with Crippen molar-refractivity contribution in [1.29, 1.82) is 0 Å². The molecule has 0 spiro atoms. The Balaban J connectivity index is 3.66. The van der Waals surface area contributed by atoms with Gasteiger partial charge in [-0.1, -0.05) is 0 Å². The van der Waals surface area contributed by atoms with Gasteiger partial charge in [0, 0.05) is 13.7 Å². The van der Waals surface area contributed by atoms with Crippen LogP contribution in [0.5, 0.6) is 0 Å². The first-order valence-corrected chi connectivity index (χ1v) is 5.29. The van der Waals surface area contributed by atoms with Crippen molar-refractivity contribution in [3.8, 4) is 0 Å². The zero-order valence-corrected chi connectivity index (χ0v) is 9.82. The summed E-state index contributed by atoms with van der Waals surface area (Å²) in [5, 5.41) is 2.41. The molecule has 94 valence electrons. The number of ether oxygens (including phenoxy) is 2. The molecule has 0 saturated heterocycles. The molecule has 1 unspecified atom stereocenters. The van der Waals surface area contributed by atoms with Crippen LogP contribution in [0.1, 0.15) is 19.8 Å². The average molecular weight is 232 g/mol. The number of esters is 1. The van der Waals surface area contributed by atoms with Crippen LogP contribution < -0.4 is 11.1 Å². The Kier molecular flexibility index (Phi) is 8.46. The molecule has 0 aromatic heterocycles. The number of amides is 1. The van der Waals surface area contributed by atoms with Gasteiger partial charge in [0.15, 0.2) is 0 Å². The van der Waals surface area contributed by atoms with E-state index in [1.807, 2.05) is 0 Å². The molecule has 0 aliphatic rings. The minimum absolute atomic E-state index is 0.134. The Morgan fingerprint density at radius 2 is 2.12 bits per heavy atom. The predicted molar refractivity (Wildman–Crippen MR) is 58.7 cm³/mol. The summed E-state index contributed by atoms with van der Waals surface area (Å²) in [6, 6.07) is -0.607. The lowest BCUT2D eigenvalue weighted by atomic mass is 10.1. The van der Waals surface area contributed by atoms with Gasteiger partial charge >= 0.3 is 5.97 Å². The maximum Gasteiger partial charge on any atom is 0.325 e. The van der Waals surface area contributed by atoms with Crippen molar-refractivity contribution in [2.24, 2.45) is 5.73 Å². The van der Waals surface area contributed by atoms with E-state index in [-0.39, 0.29) is 12.5 Å². The summed E-state index contributed by atoms with van der Waals surface area (Å²) in [7, 11) is 1.59. The lowest BCUT2D eigenvalue weighted by Gasteiger charge is -2.11. The maximum atomic E-state index is 11.4. The Hall–Kier alpha value is -1.14. The molecule has 1 atom stereocenters. The topological polar surface area (TPSA) is 90.7 Å². The summed E-state index contributed by atoms with van der Waals surface area (Å²) < 4.78 is 9.50. The minimum Gasteiger partial charge on any atom is -0.465 e. The minimum atomic E-state index is -0.607. The van der Waals surface area contributed by atoms with Crippen molar-refractivity contribution >= 4 is 11.9 Å². The van der Waals surface area contributed by atoms with E-state index in [1.165, 1.54) is 0 Å². The summed E-state index contributed by atoms with van der Waals surface area (Å²) >= 11 is 0. The fourth-order valence-corrected chi connectivity index (χ4v) is 1.08. The van der Waals surface area contributed by atoms with E-state index in [9.17, 15) is 9.59 Å². The van der Waals surface area contributed by atoms with Gasteiger partial charge in [0.05, 0.1) is 12.6 Å². The third-order valence-corrected chi connectivity index (χ3v) is 1.91. The number of rotatable bonds is 8. The van der Waals surface area contributed by atoms with Gasteiger partial charge in [0.2, 0.25) is 5.91 Å². The van der Waals surface area contributed by atoms with Gasteiger partial charge in [0.25, 0.3) is 0 Å². The van der Waals surface area contributed by atoms with Crippen LogP contribution in [0.3, 0.4) is 0 Å². The molecule has 0 aromatic rings. The number of carbonyl (C=O) groups excluding carboxylic acids is 2. The second kappa shape index (κ2) is 9.11. The number of nitrogens with two attached hydrogens (primary N) is 1. The zero-order valence-electron chi connectivity index (χ0n) is 9.82. The third kappa shape index (κ3) is 7.19. The fraction of sp³-hybridized carbons (Fsp3) is 0.800. The molecule has 0 rings (SSSR count). The molecule has 0 aromatic carbocycles. The van der Waals surface area contributed by atoms with Gasteiger partial charge in [-0.15, -0.1) is 0 Å². The van der Waals surface area contributed by atoms with Crippen LogP contribution in [0.4, 0.5) is 0 Å². The SMILES string of the molecule is CCOC(=O)CNC(=O)C(N)CCCOC. The van der Waals surface area contributed by atoms with Gasteiger partial charge in [-0.25, -0.2) is 0 Å². The lowest BCUT2D eigenvalue weighted by Crippen LogP contribution is -2.43. The largest absolute Gasteiger partial charge is 0.465 e. The van der Waals surface area contributed by atoms with E-state index in [4.69, 9.17) is 10.5 Å². The van der Waals surface area contributed by atoms with Crippen molar-refractivity contribution in [1.82, 2.24) is 5.32 Å². The Morgan fingerprint density at radius 1 is 1.44 bits per heavy atom. The second-order valence-electron chi connectivity index (χ2n) is 3.26. The van der Waals surface area contributed by atoms with E-state index in [1.54, 1.807) is 14.0 Å². The molecule has 0 aliphatic heterocycles. The average Bonchev–Trinajstić information content (AvgIpc) is 2.26. The van der Waals surface area contributed by atoms with Crippen LogP contribution in [0.2, 0.25) is 0 Å². The molecule has 0 heterocycles. The summed E-state index contributed by atoms with van der Waals surface area (Å²) in [5.74, 6) is -0.802. The smallest absolute Gasteiger partial charge is 0.325 e. The monoisotopic (exact) mass is 232 g/mol. The van der Waals surface area contributed by atoms with Crippen molar-refractivity contribution in [3.05, 3.63) is 0 Å². The van der Waals surface area contributed by atoms with Crippen LogP contribution in [-0.2, 0) is 19.1 Å². The standard InChI is InChI=1S/C10H20N2O4/c1-3-16-9(13)7-12-10(14)8(11)5-4-6-15-2/h8H,3-7,11H2,1-2H3,(H,12,14). The molecule has 0 saturated carbocycles. The van der Waals surface area contributed by atoms with E-state index >= 15 is 0 Å². The summed E-state index contributed by atoms with van der Waals surface area (Å²) in [4.78, 5) is 22.3. The molecule has 0 bridgehead atoms. The van der Waals surface area contributed by atoms with Gasteiger partial charge in [0.1, 0.15) is 6.54 Å². The van der Waals surface area contributed by atoms with Gasteiger partial charge in [-0.2, -0.15) is 0 Å². The number of nitrogens with one attached hydrogen (secondary N) is 1. The van der Waals surface area contributed by atoms with Gasteiger partial charge in [-0.05, 0) is 19.8 Å². The molecule has 0 aliphatic carbocycles. The molecule has 0 radical (unpaired) electrons. The molecular formula is C10H20N2O4. The molecule has 6 nitrogen and oxygen atoms in total. The van der Waals surface area contributed by atoms with Crippen molar-refractivity contribution < 1.29 is 19.1 Å². The van der Waals surface area contributed by atoms with Crippen LogP contribution in [0.15, 0.2) is 0 Å². The van der Waals surface area contributed by atoms with Crippen LogP contribution in [0, 0.1) is 0 Å². The lowest BCUT2D eigenvalue weighted by molar-refractivity contribution is -0.143. The normalized spacial score (nSPS) is 11.9. The molecule has 0 fully saturated rings. The zero-order chi connectivity index (χ0) is 12.4. The van der Waals surface area contributed by atoms with Crippen molar-refractivity contribution in [2.45, 2.75) is 25.8 Å². The summed E-state index contributed by atoms with van der Waals surface area (Å²) in [6.07, 6.45) is 1.24. The van der Waals surface area contributed by atoms with Crippen LogP contribution >= 0.6 is 0 Å². The van der Waals surface area contributed by atoms with Crippen molar-refractivity contribution in [2.75, 3.05) is 26.9 Å². The van der Waals surface area contributed by atoms with Crippen molar-refractivity contribution in [3.63, 3.8) is 0 Å². The Morgan fingerprint density at radius 3 is 2.69 bits per heavy atom. The summed E-state index contributed by atoms with van der Waals surface area (Å²) in [6.45, 7) is 2.44. The Labute approximate surface area is 95.5 Å². The van der Waals surface area contributed by atoms with Gasteiger partial charge in [-0.3, -0.25) is 9.59 Å². The third-order valence-electron chi connectivity index (χ3n) is 1.91. The van der Waals surface area contributed by atoms with E-state index in [2.05, 4.69) is 10.1 Å². The highest BCUT2D eigenvalue weighted by molar-refractivity contribution is 5.85. The number of carbonyl (C=O) groups is 2. The van der Waals surface area contributed by atoms with Crippen LogP contribution in [-0.4, -0.2) is 44.8 Å². The maximum absolute atomic E-state index is 11.4. The van der Waals surface area contributed by atoms with E-state index in [0.29, 0.717) is 26.1 Å². The first-order chi connectivity index (χ1) is 7.61. The predicted octanol–water partition coefficient (Wildman–Crippen LogP) is -0.580. The highest BCUT2D eigenvalue weighted by atomic mass is 16.5. The molecule has 3 N–H and O–H groups in total. The fourth-order valence-electron chi connectivity index (χ4n) is 1.08. The van der Waals surface area contributed by atoms with E-state index < -0.39 is 12.0 Å². The molecule has 6 heteroatoms. The highest BCUT2D eigenvalue weighted by Gasteiger charge is 2.13. The molecule has 1 amide bonds. The molecular weight excluding hydrogens is 212 g/mol. The molecule has 16 heavy (non-hydrogen) atoms. The highest BCUT2D eigenvalue weighted by Crippen LogP contribution is 1.94. The summed E-state index contributed by atoms with van der Waals surface area (Å²) in [5.41, 5.74) is 5.60. The van der Waals surface area contributed by atoms with E-state index in [0.717, 1.165) is 0 Å². The quantitative estimate of drug-likeness (QED) is 0.431. The first-order valence-electron chi connectivity index (χ1n) is 5.29.